The van der Waals surface area contributed by atoms with Gasteiger partial charge in [-0.1, -0.05) is 12.1 Å². The minimum atomic E-state index is 0.391. The van der Waals surface area contributed by atoms with Gasteiger partial charge in [-0.3, -0.25) is 0 Å². The zero-order valence-electron chi connectivity index (χ0n) is 12.7. The number of nitrogens with zero attached hydrogens (tertiary/aromatic N) is 1. The third-order valence-electron chi connectivity index (χ3n) is 3.06. The molecule has 0 aliphatic heterocycles. The van der Waals surface area contributed by atoms with Crippen molar-refractivity contribution in [1.82, 2.24) is 0 Å². The van der Waals surface area contributed by atoms with Gasteiger partial charge in [0.1, 0.15) is 5.84 Å². The molecule has 22 heavy (non-hydrogen) atoms. The van der Waals surface area contributed by atoms with E-state index in [0.717, 1.165) is 10.5 Å². The van der Waals surface area contributed by atoms with Crippen molar-refractivity contribution in [3.63, 3.8) is 0 Å². The van der Waals surface area contributed by atoms with Crippen molar-refractivity contribution in [1.29, 1.82) is 0 Å². The number of nitrogens with two attached hydrogens (primary N) is 1. The number of benzene rings is 2. The average molecular weight is 318 g/mol. The number of ether oxygens (including phenoxy) is 3. The molecule has 0 unspecified atom stereocenters. The van der Waals surface area contributed by atoms with Crippen LogP contribution < -0.4 is 19.9 Å². The summed E-state index contributed by atoms with van der Waals surface area (Å²) in [5, 5.41) is 0. The summed E-state index contributed by atoms with van der Waals surface area (Å²) in [5.74, 6) is 1.96. The molecule has 0 bridgehead atoms. The first kappa shape index (κ1) is 16.0. The lowest BCUT2D eigenvalue weighted by Crippen LogP contribution is -2.12. The van der Waals surface area contributed by atoms with Crippen LogP contribution in [0.2, 0.25) is 0 Å². The third kappa shape index (κ3) is 3.46. The van der Waals surface area contributed by atoms with Crippen LogP contribution in [0, 0.1) is 0 Å². The SMILES string of the molecule is COc1cc(N=C(N)c2ccc(S)cc2)cc(OC)c1OC. The summed E-state index contributed by atoms with van der Waals surface area (Å²) in [6.07, 6.45) is 0. The zero-order valence-corrected chi connectivity index (χ0v) is 13.6. The Hall–Kier alpha value is -2.34. The van der Waals surface area contributed by atoms with Crippen molar-refractivity contribution in [2.45, 2.75) is 4.90 Å². The van der Waals surface area contributed by atoms with Gasteiger partial charge in [-0.25, -0.2) is 4.99 Å². The molecule has 0 amide bonds. The maximum Gasteiger partial charge on any atom is 0.203 e. The molecule has 0 spiro atoms. The number of thiol groups is 1. The quantitative estimate of drug-likeness (QED) is 0.505. The molecule has 0 heterocycles. The molecule has 6 heteroatoms. The van der Waals surface area contributed by atoms with Crippen molar-refractivity contribution in [3.8, 4) is 17.2 Å². The van der Waals surface area contributed by atoms with Crippen LogP contribution >= 0.6 is 12.6 Å². The molecule has 0 aliphatic rings. The van der Waals surface area contributed by atoms with E-state index in [1.54, 1.807) is 33.5 Å². The first-order valence-electron chi connectivity index (χ1n) is 6.52. The van der Waals surface area contributed by atoms with Crippen LogP contribution in [0.4, 0.5) is 5.69 Å². The molecule has 2 N–H and O–H groups in total. The van der Waals surface area contributed by atoms with E-state index < -0.39 is 0 Å². The highest BCUT2D eigenvalue weighted by Crippen LogP contribution is 2.40. The minimum Gasteiger partial charge on any atom is -0.493 e. The number of aliphatic imine (C=N–C) groups is 1. The molecule has 0 saturated carbocycles. The molecule has 2 aromatic rings. The first-order valence-corrected chi connectivity index (χ1v) is 6.97. The number of hydrogen-bond acceptors (Lipinski definition) is 5. The molecule has 0 atom stereocenters. The predicted molar refractivity (Wildman–Crippen MR) is 90.2 cm³/mol. The molecule has 2 aromatic carbocycles. The van der Waals surface area contributed by atoms with Crippen molar-refractivity contribution >= 4 is 24.2 Å². The van der Waals surface area contributed by atoms with Crippen LogP contribution in [-0.4, -0.2) is 27.2 Å². The van der Waals surface area contributed by atoms with Crippen LogP contribution in [0.25, 0.3) is 0 Å². The van der Waals surface area contributed by atoms with E-state index in [4.69, 9.17) is 19.9 Å². The van der Waals surface area contributed by atoms with Crippen molar-refractivity contribution < 1.29 is 14.2 Å². The van der Waals surface area contributed by atoms with Gasteiger partial charge in [-0.05, 0) is 12.1 Å². The van der Waals surface area contributed by atoms with Crippen LogP contribution in [-0.2, 0) is 0 Å². The zero-order chi connectivity index (χ0) is 16.1. The van der Waals surface area contributed by atoms with E-state index in [-0.39, 0.29) is 0 Å². The fraction of sp³-hybridized carbons (Fsp3) is 0.188. The molecule has 0 radical (unpaired) electrons. The van der Waals surface area contributed by atoms with Crippen LogP contribution in [0.3, 0.4) is 0 Å². The summed E-state index contributed by atoms with van der Waals surface area (Å²) in [7, 11) is 4.66. The lowest BCUT2D eigenvalue weighted by Gasteiger charge is -2.13. The topological polar surface area (TPSA) is 66.1 Å². The lowest BCUT2D eigenvalue weighted by atomic mass is 10.2. The smallest absolute Gasteiger partial charge is 0.203 e. The average Bonchev–Trinajstić information content (AvgIpc) is 2.54. The van der Waals surface area contributed by atoms with Gasteiger partial charge in [0.25, 0.3) is 0 Å². The normalized spacial score (nSPS) is 11.2. The maximum atomic E-state index is 6.04. The Kier molecular flexibility index (Phi) is 5.16. The highest BCUT2D eigenvalue weighted by atomic mass is 32.1. The maximum absolute atomic E-state index is 6.04. The Bertz CT molecular complexity index is 659. The summed E-state index contributed by atoms with van der Waals surface area (Å²) >= 11 is 4.25. The molecule has 2 rings (SSSR count). The minimum absolute atomic E-state index is 0.391. The number of methoxy groups -OCH3 is 3. The summed E-state index contributed by atoms with van der Waals surface area (Å²) in [6.45, 7) is 0. The van der Waals surface area contributed by atoms with Crippen molar-refractivity contribution in [3.05, 3.63) is 42.0 Å². The standard InChI is InChI=1S/C16H18N2O3S/c1-19-13-8-11(9-14(20-2)15(13)21-3)18-16(17)10-4-6-12(22)7-5-10/h4-9,22H,1-3H3,(H2,17,18). The molecule has 0 aliphatic carbocycles. The van der Waals surface area contributed by atoms with Gasteiger partial charge in [-0.15, -0.1) is 12.6 Å². The van der Waals surface area contributed by atoms with Gasteiger partial charge in [0, 0.05) is 22.6 Å². The van der Waals surface area contributed by atoms with Gasteiger partial charge in [0.05, 0.1) is 27.0 Å². The van der Waals surface area contributed by atoms with Gasteiger partial charge in [-0.2, -0.15) is 0 Å². The lowest BCUT2D eigenvalue weighted by molar-refractivity contribution is 0.324. The summed E-state index contributed by atoms with van der Waals surface area (Å²) in [5.41, 5.74) is 7.47. The third-order valence-corrected chi connectivity index (χ3v) is 3.36. The monoisotopic (exact) mass is 318 g/mol. The predicted octanol–water partition coefficient (Wildman–Crippen LogP) is 3.04. The van der Waals surface area contributed by atoms with E-state index in [2.05, 4.69) is 17.6 Å². The first-order chi connectivity index (χ1) is 10.6. The number of amidine groups is 1. The number of hydrogen-bond donors (Lipinski definition) is 2. The van der Waals surface area contributed by atoms with E-state index >= 15 is 0 Å². The van der Waals surface area contributed by atoms with Crippen molar-refractivity contribution in [2.24, 2.45) is 10.7 Å². The molecule has 0 fully saturated rings. The molecule has 5 nitrogen and oxygen atoms in total. The summed E-state index contributed by atoms with van der Waals surface area (Å²) < 4.78 is 15.9. The molecule has 0 saturated heterocycles. The molecular formula is C16H18N2O3S. The molecule has 0 aromatic heterocycles. The van der Waals surface area contributed by atoms with E-state index in [0.29, 0.717) is 28.8 Å². The van der Waals surface area contributed by atoms with Crippen LogP contribution in [0.5, 0.6) is 17.2 Å². The summed E-state index contributed by atoms with van der Waals surface area (Å²) in [4.78, 5) is 5.27. The van der Waals surface area contributed by atoms with Crippen molar-refractivity contribution in [2.75, 3.05) is 21.3 Å². The van der Waals surface area contributed by atoms with E-state index in [9.17, 15) is 0 Å². The Balaban J connectivity index is 2.43. The van der Waals surface area contributed by atoms with E-state index in [1.165, 1.54) is 0 Å². The van der Waals surface area contributed by atoms with E-state index in [1.807, 2.05) is 24.3 Å². The molecule has 116 valence electrons. The molecular weight excluding hydrogens is 300 g/mol. The second kappa shape index (κ2) is 7.09. The second-order valence-electron chi connectivity index (χ2n) is 4.43. The van der Waals surface area contributed by atoms with Gasteiger partial charge < -0.3 is 19.9 Å². The number of rotatable bonds is 5. The fourth-order valence-electron chi connectivity index (χ4n) is 1.97. The van der Waals surface area contributed by atoms with Crippen LogP contribution in [0.15, 0.2) is 46.3 Å². The highest BCUT2D eigenvalue weighted by molar-refractivity contribution is 7.80. The van der Waals surface area contributed by atoms with Gasteiger partial charge in [0.15, 0.2) is 11.5 Å². The Morgan fingerprint density at radius 1 is 0.955 bits per heavy atom. The fourth-order valence-corrected chi connectivity index (χ4v) is 2.12. The van der Waals surface area contributed by atoms with Crippen LogP contribution in [0.1, 0.15) is 5.56 Å². The largest absolute Gasteiger partial charge is 0.493 e. The Labute approximate surface area is 135 Å². The highest BCUT2D eigenvalue weighted by Gasteiger charge is 2.13. The Morgan fingerprint density at radius 3 is 1.95 bits per heavy atom. The second-order valence-corrected chi connectivity index (χ2v) is 4.94. The Morgan fingerprint density at radius 2 is 1.50 bits per heavy atom. The summed E-state index contributed by atoms with van der Waals surface area (Å²) in [6, 6.07) is 10.9. The van der Waals surface area contributed by atoms with Gasteiger partial charge in [0.2, 0.25) is 5.75 Å². The van der Waals surface area contributed by atoms with Gasteiger partial charge >= 0.3 is 0 Å².